The van der Waals surface area contributed by atoms with Crippen LogP contribution in [-0.2, 0) is 14.8 Å². The van der Waals surface area contributed by atoms with Crippen molar-refractivity contribution in [1.82, 2.24) is 4.31 Å². The molecule has 0 fully saturated rings. The van der Waals surface area contributed by atoms with Crippen LogP contribution in [0.15, 0.2) is 41.4 Å². The molecule has 0 bridgehead atoms. The van der Waals surface area contributed by atoms with Gasteiger partial charge in [0.1, 0.15) is 0 Å². The van der Waals surface area contributed by atoms with Gasteiger partial charge in [-0.2, -0.15) is 13.2 Å². The highest BCUT2D eigenvalue weighted by molar-refractivity contribution is 7.89. The van der Waals surface area contributed by atoms with Crippen molar-refractivity contribution in [3.8, 4) is 0 Å². The summed E-state index contributed by atoms with van der Waals surface area (Å²) in [6, 6.07) is 5.92. The van der Waals surface area contributed by atoms with Crippen LogP contribution in [0.2, 0.25) is 0 Å². The fourth-order valence-corrected chi connectivity index (χ4v) is 2.99. The van der Waals surface area contributed by atoms with Crippen molar-refractivity contribution in [2.75, 3.05) is 20.3 Å². The lowest BCUT2D eigenvalue weighted by molar-refractivity contribution is -0.0804. The van der Waals surface area contributed by atoms with Gasteiger partial charge in [-0.25, -0.2) is 8.42 Å². The van der Waals surface area contributed by atoms with Crippen LogP contribution in [0.1, 0.15) is 12.0 Å². The Hall–Kier alpha value is -1.54. The Morgan fingerprint density at radius 2 is 1.82 bits per heavy atom. The van der Waals surface area contributed by atoms with Crippen LogP contribution in [0.4, 0.5) is 13.2 Å². The van der Waals surface area contributed by atoms with Crippen molar-refractivity contribution >= 4 is 10.0 Å². The zero-order valence-electron chi connectivity index (χ0n) is 12.3. The summed E-state index contributed by atoms with van der Waals surface area (Å²) in [5.74, 6) is 0. The van der Waals surface area contributed by atoms with Crippen LogP contribution in [0, 0.1) is 6.92 Å². The molecule has 0 saturated carbocycles. The average Bonchev–Trinajstić information content (AvgIpc) is 2.41. The molecule has 0 aromatic heterocycles. The Bertz CT molecular complexity index is 595. The standard InChI is InChI=1S/C14H18F3NO3S/c1-12-4-6-13(7-5-12)22(19,20)18(9-3-11-21-2)10-8-14(15,16)17/h4-8,10H,3,9,11H2,1-2H3/b10-8+. The molecule has 0 aliphatic carbocycles. The van der Waals surface area contributed by atoms with Crippen LogP contribution in [-0.4, -0.2) is 39.2 Å². The van der Waals surface area contributed by atoms with E-state index in [9.17, 15) is 21.6 Å². The van der Waals surface area contributed by atoms with Gasteiger partial charge in [-0.15, -0.1) is 0 Å². The first-order valence-electron chi connectivity index (χ1n) is 6.50. The summed E-state index contributed by atoms with van der Waals surface area (Å²) < 4.78 is 67.3. The minimum atomic E-state index is -4.58. The van der Waals surface area contributed by atoms with Crippen LogP contribution in [0.25, 0.3) is 0 Å². The number of halogens is 3. The van der Waals surface area contributed by atoms with E-state index < -0.39 is 16.2 Å². The highest BCUT2D eigenvalue weighted by Crippen LogP contribution is 2.21. The molecule has 4 nitrogen and oxygen atoms in total. The third-order valence-corrected chi connectivity index (χ3v) is 4.57. The van der Waals surface area contributed by atoms with Gasteiger partial charge in [-0.05, 0) is 25.5 Å². The molecule has 1 aromatic rings. The predicted molar refractivity (Wildman–Crippen MR) is 76.8 cm³/mol. The minimum absolute atomic E-state index is 0.0534. The van der Waals surface area contributed by atoms with E-state index in [4.69, 9.17) is 4.74 Å². The number of methoxy groups -OCH3 is 1. The van der Waals surface area contributed by atoms with Gasteiger partial charge in [0.15, 0.2) is 0 Å². The molecule has 0 amide bonds. The fraction of sp³-hybridized carbons (Fsp3) is 0.429. The smallest absolute Gasteiger partial charge is 0.385 e. The van der Waals surface area contributed by atoms with E-state index in [1.807, 2.05) is 0 Å². The quantitative estimate of drug-likeness (QED) is 0.718. The summed E-state index contributed by atoms with van der Waals surface area (Å²) in [7, 11) is -2.59. The van der Waals surface area contributed by atoms with Gasteiger partial charge >= 0.3 is 6.18 Å². The number of allylic oxidation sites excluding steroid dienone is 1. The number of ether oxygens (including phenoxy) is 1. The molecule has 1 aromatic carbocycles. The number of rotatable bonds is 7. The molecule has 1 rings (SSSR count). The van der Waals surface area contributed by atoms with Crippen molar-refractivity contribution in [2.45, 2.75) is 24.4 Å². The molecule has 0 aliphatic rings. The number of hydrogen-bond acceptors (Lipinski definition) is 3. The average molecular weight is 337 g/mol. The molecule has 0 spiro atoms. The number of benzene rings is 1. The second-order valence-corrected chi connectivity index (χ2v) is 6.52. The van der Waals surface area contributed by atoms with E-state index in [0.717, 1.165) is 5.56 Å². The molecule has 0 radical (unpaired) electrons. The maximum atomic E-state index is 12.4. The summed E-state index contributed by atoms with van der Waals surface area (Å²) in [5, 5.41) is 0. The molecular weight excluding hydrogens is 319 g/mol. The van der Waals surface area contributed by atoms with E-state index in [1.54, 1.807) is 19.1 Å². The summed E-state index contributed by atoms with van der Waals surface area (Å²) in [5.41, 5.74) is 0.857. The van der Waals surface area contributed by atoms with Gasteiger partial charge in [-0.3, -0.25) is 4.31 Å². The number of nitrogens with zero attached hydrogens (tertiary/aromatic N) is 1. The third-order valence-electron chi connectivity index (χ3n) is 2.78. The van der Waals surface area contributed by atoms with Crippen molar-refractivity contribution in [3.05, 3.63) is 42.1 Å². The Morgan fingerprint density at radius 1 is 1.23 bits per heavy atom. The second-order valence-electron chi connectivity index (χ2n) is 4.63. The van der Waals surface area contributed by atoms with Crippen molar-refractivity contribution in [2.24, 2.45) is 0 Å². The lowest BCUT2D eigenvalue weighted by atomic mass is 10.2. The number of alkyl halides is 3. The fourth-order valence-electron chi connectivity index (χ4n) is 1.65. The molecule has 0 unspecified atom stereocenters. The first kappa shape index (κ1) is 18.5. The first-order chi connectivity index (χ1) is 10.2. The normalized spacial score (nSPS) is 12.8. The maximum absolute atomic E-state index is 12.4. The van der Waals surface area contributed by atoms with Gasteiger partial charge < -0.3 is 4.74 Å². The zero-order chi connectivity index (χ0) is 16.8. The number of sulfonamides is 1. The predicted octanol–water partition coefficient (Wildman–Crippen LogP) is 3.10. The largest absolute Gasteiger partial charge is 0.411 e. The van der Waals surface area contributed by atoms with E-state index in [1.165, 1.54) is 19.2 Å². The molecule has 0 N–H and O–H groups in total. The van der Waals surface area contributed by atoms with Gasteiger partial charge in [0.05, 0.1) is 4.90 Å². The van der Waals surface area contributed by atoms with Crippen LogP contribution >= 0.6 is 0 Å². The van der Waals surface area contributed by atoms with E-state index in [-0.39, 0.29) is 30.5 Å². The highest BCUT2D eigenvalue weighted by Gasteiger charge is 2.26. The van der Waals surface area contributed by atoms with Crippen LogP contribution in [0.5, 0.6) is 0 Å². The Labute approximate surface area is 128 Å². The maximum Gasteiger partial charge on any atom is 0.411 e. The summed E-state index contributed by atoms with van der Waals surface area (Å²) in [6.45, 7) is 1.94. The second kappa shape index (κ2) is 7.64. The van der Waals surface area contributed by atoms with Gasteiger partial charge in [0.25, 0.3) is 10.0 Å². The lowest BCUT2D eigenvalue weighted by Gasteiger charge is -2.20. The number of hydrogen-bond donors (Lipinski definition) is 0. The molecule has 0 aliphatic heterocycles. The van der Waals surface area contributed by atoms with E-state index in [0.29, 0.717) is 10.5 Å². The minimum Gasteiger partial charge on any atom is -0.385 e. The molecule has 124 valence electrons. The van der Waals surface area contributed by atoms with Crippen LogP contribution in [0.3, 0.4) is 0 Å². The third kappa shape index (κ3) is 5.69. The summed E-state index contributed by atoms with van der Waals surface area (Å²) in [4.78, 5) is -0.0534. The molecule has 22 heavy (non-hydrogen) atoms. The Balaban J connectivity index is 3.06. The summed E-state index contributed by atoms with van der Waals surface area (Å²) >= 11 is 0. The Kier molecular flexibility index (Phi) is 6.43. The van der Waals surface area contributed by atoms with Crippen molar-refractivity contribution in [3.63, 3.8) is 0 Å². The molecule has 8 heteroatoms. The number of aryl methyl sites for hydroxylation is 1. The molecule has 0 heterocycles. The summed E-state index contributed by atoms with van der Waals surface area (Å²) in [6.07, 6.45) is -3.84. The molecule has 0 atom stereocenters. The van der Waals surface area contributed by atoms with Crippen molar-refractivity contribution < 1.29 is 26.3 Å². The van der Waals surface area contributed by atoms with E-state index >= 15 is 0 Å². The monoisotopic (exact) mass is 337 g/mol. The topological polar surface area (TPSA) is 46.6 Å². The van der Waals surface area contributed by atoms with Gasteiger partial charge in [0, 0.05) is 32.5 Å². The molecule has 0 saturated heterocycles. The highest BCUT2D eigenvalue weighted by atomic mass is 32.2. The van der Waals surface area contributed by atoms with Gasteiger partial charge in [0.2, 0.25) is 0 Å². The lowest BCUT2D eigenvalue weighted by Crippen LogP contribution is -2.28. The van der Waals surface area contributed by atoms with Crippen molar-refractivity contribution in [1.29, 1.82) is 0 Å². The first-order valence-corrected chi connectivity index (χ1v) is 7.94. The SMILES string of the molecule is COCCCN(/C=C/C(F)(F)F)S(=O)(=O)c1ccc(C)cc1. The van der Waals surface area contributed by atoms with Crippen LogP contribution < -0.4 is 0 Å². The van der Waals surface area contributed by atoms with E-state index in [2.05, 4.69) is 0 Å². The molecular formula is C14H18F3NO3S. The zero-order valence-corrected chi connectivity index (χ0v) is 13.1. The Morgan fingerprint density at radius 3 is 2.32 bits per heavy atom. The van der Waals surface area contributed by atoms with Gasteiger partial charge in [-0.1, -0.05) is 17.7 Å².